The molecular weight excluding hydrogens is 370 g/mol. The summed E-state index contributed by atoms with van der Waals surface area (Å²) < 4.78 is 6.89. The molecule has 0 spiro atoms. The number of carbonyl (C=O) groups is 1. The van der Waals surface area contributed by atoms with Crippen LogP contribution in [0.25, 0.3) is 0 Å². The van der Waals surface area contributed by atoms with Crippen LogP contribution in [0, 0.1) is 0 Å². The lowest BCUT2D eigenvalue weighted by molar-refractivity contribution is 0.0640. The highest BCUT2D eigenvalue weighted by molar-refractivity contribution is 9.13. The van der Waals surface area contributed by atoms with Crippen molar-refractivity contribution < 1.29 is 9.53 Å². The van der Waals surface area contributed by atoms with Gasteiger partial charge >= 0.3 is 0 Å². The molecule has 1 rings (SSSR count). The van der Waals surface area contributed by atoms with Gasteiger partial charge < -0.3 is 9.64 Å². The van der Waals surface area contributed by atoms with Crippen LogP contribution < -0.4 is 0 Å². The van der Waals surface area contributed by atoms with Gasteiger partial charge in [0.05, 0.1) is 15.3 Å². The van der Waals surface area contributed by atoms with Gasteiger partial charge in [0.2, 0.25) is 0 Å². The number of rotatable bonds is 5. The molecule has 1 aromatic heterocycles. The van der Waals surface area contributed by atoms with E-state index >= 15 is 0 Å². The highest BCUT2D eigenvalue weighted by Gasteiger charge is 2.21. The Kier molecular flexibility index (Phi) is 6.12. The maximum absolute atomic E-state index is 12.3. The summed E-state index contributed by atoms with van der Waals surface area (Å²) in [6.07, 6.45) is 0. The maximum Gasteiger partial charge on any atom is 0.264 e. The lowest BCUT2D eigenvalue weighted by atomic mass is 10.3. The zero-order chi connectivity index (χ0) is 13.0. The number of hydrogen-bond acceptors (Lipinski definition) is 3. The van der Waals surface area contributed by atoms with Crippen LogP contribution in [0.2, 0.25) is 0 Å². The third-order valence-corrected chi connectivity index (χ3v) is 5.52. The molecule has 1 heterocycles. The molecule has 0 aromatic carbocycles. The summed E-state index contributed by atoms with van der Waals surface area (Å²) in [6.45, 7) is 5.17. The highest BCUT2D eigenvalue weighted by Crippen LogP contribution is 2.33. The molecular formula is C11H15Br2NO2S. The smallest absolute Gasteiger partial charge is 0.264 e. The van der Waals surface area contributed by atoms with E-state index in [-0.39, 0.29) is 11.9 Å². The van der Waals surface area contributed by atoms with Crippen LogP contribution >= 0.6 is 43.2 Å². The van der Waals surface area contributed by atoms with E-state index in [2.05, 4.69) is 31.9 Å². The van der Waals surface area contributed by atoms with Crippen molar-refractivity contribution in [1.29, 1.82) is 0 Å². The molecule has 0 aliphatic carbocycles. The number of halogens is 2. The van der Waals surface area contributed by atoms with Crippen LogP contribution in [0.4, 0.5) is 0 Å². The Bertz CT molecular complexity index is 373. The second kappa shape index (κ2) is 6.87. The number of nitrogens with zero attached hydrogens (tertiary/aromatic N) is 1. The van der Waals surface area contributed by atoms with E-state index in [1.165, 1.54) is 11.3 Å². The van der Waals surface area contributed by atoms with Gasteiger partial charge in [0, 0.05) is 24.2 Å². The summed E-state index contributed by atoms with van der Waals surface area (Å²) in [5, 5.41) is 0. The van der Waals surface area contributed by atoms with E-state index in [4.69, 9.17) is 4.74 Å². The average Bonchev–Trinajstić information content (AvgIpc) is 2.59. The summed E-state index contributed by atoms with van der Waals surface area (Å²) in [7, 11) is 1.64. The fourth-order valence-electron chi connectivity index (χ4n) is 1.38. The molecule has 0 aliphatic rings. The monoisotopic (exact) mass is 383 g/mol. The lowest BCUT2D eigenvalue weighted by Gasteiger charge is -2.25. The summed E-state index contributed by atoms with van der Waals surface area (Å²) in [5.74, 6) is 0.0495. The van der Waals surface area contributed by atoms with Crippen LogP contribution in [0.1, 0.15) is 23.5 Å². The van der Waals surface area contributed by atoms with Crippen molar-refractivity contribution in [3.8, 4) is 0 Å². The van der Waals surface area contributed by atoms with Gasteiger partial charge in [0.25, 0.3) is 5.91 Å². The van der Waals surface area contributed by atoms with Gasteiger partial charge in [0.15, 0.2) is 0 Å². The van der Waals surface area contributed by atoms with Crippen molar-refractivity contribution in [3.63, 3.8) is 0 Å². The van der Waals surface area contributed by atoms with Crippen molar-refractivity contribution >= 4 is 49.1 Å². The molecule has 0 bridgehead atoms. The lowest BCUT2D eigenvalue weighted by Crippen LogP contribution is -2.38. The Labute approximate surface area is 122 Å². The Morgan fingerprint density at radius 3 is 2.59 bits per heavy atom. The predicted octanol–water partition coefficient (Wildman–Crippen LogP) is 3.77. The number of amides is 1. The highest BCUT2D eigenvalue weighted by atomic mass is 79.9. The second-order valence-corrected chi connectivity index (χ2v) is 7.04. The molecule has 0 N–H and O–H groups in total. The zero-order valence-electron chi connectivity index (χ0n) is 10.00. The summed E-state index contributed by atoms with van der Waals surface area (Å²) in [6, 6.07) is 2.01. The fourth-order valence-corrected chi connectivity index (χ4v) is 3.37. The minimum atomic E-state index is 0.0495. The molecule has 17 heavy (non-hydrogen) atoms. The summed E-state index contributed by atoms with van der Waals surface area (Å²) in [5.41, 5.74) is 0. The van der Waals surface area contributed by atoms with Crippen LogP contribution in [0.15, 0.2) is 14.3 Å². The van der Waals surface area contributed by atoms with Crippen molar-refractivity contribution in [2.45, 2.75) is 19.9 Å². The Balaban J connectivity index is 2.84. The Hall–Kier alpha value is 0.0900. The average molecular weight is 385 g/mol. The molecule has 0 radical (unpaired) electrons. The van der Waals surface area contributed by atoms with Gasteiger partial charge in [-0.15, -0.1) is 11.3 Å². The van der Waals surface area contributed by atoms with Crippen molar-refractivity contribution in [2.75, 3.05) is 20.3 Å². The third-order valence-electron chi connectivity index (χ3n) is 2.28. The minimum Gasteiger partial charge on any atom is -0.383 e. The van der Waals surface area contributed by atoms with Gasteiger partial charge in [-0.1, -0.05) is 0 Å². The maximum atomic E-state index is 12.3. The summed E-state index contributed by atoms with van der Waals surface area (Å²) in [4.78, 5) is 14.8. The van der Waals surface area contributed by atoms with Gasteiger partial charge in [-0.25, -0.2) is 0 Å². The van der Waals surface area contributed by atoms with Crippen LogP contribution in [0.5, 0.6) is 0 Å². The zero-order valence-corrected chi connectivity index (χ0v) is 14.0. The fraction of sp³-hybridized carbons (Fsp3) is 0.545. The van der Waals surface area contributed by atoms with Crippen LogP contribution in [0.3, 0.4) is 0 Å². The molecule has 0 fully saturated rings. The first kappa shape index (κ1) is 15.1. The molecule has 3 nitrogen and oxygen atoms in total. The molecule has 1 aromatic rings. The largest absolute Gasteiger partial charge is 0.383 e. The Morgan fingerprint density at radius 1 is 1.53 bits per heavy atom. The van der Waals surface area contributed by atoms with Gasteiger partial charge in [-0.3, -0.25) is 4.79 Å². The van der Waals surface area contributed by atoms with Crippen LogP contribution in [-0.2, 0) is 4.74 Å². The first-order valence-corrected chi connectivity index (χ1v) is 7.62. The Morgan fingerprint density at radius 2 is 2.18 bits per heavy atom. The van der Waals surface area contributed by atoms with Crippen LogP contribution in [-0.4, -0.2) is 37.1 Å². The molecule has 1 amide bonds. The standard InChI is InChI=1S/C11H15Br2NO2S/c1-7(2)14(4-5-16-3)11(15)9-6-8(12)10(13)17-9/h6-7H,4-5H2,1-3H3. The number of ether oxygens (including phenoxy) is 1. The van der Waals surface area contributed by atoms with Crippen molar-refractivity contribution in [1.82, 2.24) is 4.90 Å². The molecule has 0 atom stereocenters. The predicted molar refractivity (Wildman–Crippen MR) is 77.8 cm³/mol. The molecule has 0 aliphatic heterocycles. The number of methoxy groups -OCH3 is 1. The molecule has 0 saturated carbocycles. The van der Waals surface area contributed by atoms with E-state index in [1.807, 2.05) is 24.8 Å². The van der Waals surface area contributed by atoms with E-state index in [1.54, 1.807) is 7.11 Å². The third kappa shape index (κ3) is 4.05. The quantitative estimate of drug-likeness (QED) is 0.773. The van der Waals surface area contributed by atoms with Crippen molar-refractivity contribution in [3.05, 3.63) is 19.2 Å². The first-order valence-electron chi connectivity index (χ1n) is 5.22. The normalized spacial score (nSPS) is 10.9. The molecule has 0 saturated heterocycles. The SMILES string of the molecule is COCCN(C(=O)c1cc(Br)c(Br)s1)C(C)C. The molecule has 6 heteroatoms. The van der Waals surface area contributed by atoms with E-state index in [0.717, 1.165) is 13.1 Å². The van der Waals surface area contributed by atoms with E-state index < -0.39 is 0 Å². The number of hydrogen-bond donors (Lipinski definition) is 0. The van der Waals surface area contributed by atoms with Gasteiger partial charge in [-0.2, -0.15) is 0 Å². The second-order valence-electron chi connectivity index (χ2n) is 3.82. The van der Waals surface area contributed by atoms with E-state index in [9.17, 15) is 4.79 Å². The summed E-state index contributed by atoms with van der Waals surface area (Å²) >= 11 is 8.23. The molecule has 0 unspecified atom stereocenters. The topological polar surface area (TPSA) is 29.5 Å². The minimum absolute atomic E-state index is 0.0495. The van der Waals surface area contributed by atoms with Gasteiger partial charge in [0.1, 0.15) is 0 Å². The van der Waals surface area contributed by atoms with Gasteiger partial charge in [-0.05, 0) is 51.8 Å². The van der Waals surface area contributed by atoms with E-state index in [0.29, 0.717) is 13.2 Å². The number of thiophene rings is 1. The molecule has 96 valence electrons. The first-order chi connectivity index (χ1) is 7.97. The van der Waals surface area contributed by atoms with Crippen molar-refractivity contribution in [2.24, 2.45) is 0 Å². The number of carbonyl (C=O) groups excluding carboxylic acids is 1.